The molecule has 0 unspecified atom stereocenters. The fourth-order valence-corrected chi connectivity index (χ4v) is 1.76. The second-order valence-corrected chi connectivity index (χ2v) is 4.17. The minimum absolute atomic E-state index is 0.327. The highest BCUT2D eigenvalue weighted by Gasteiger charge is 2.09. The van der Waals surface area contributed by atoms with Crippen molar-refractivity contribution >= 4 is 11.4 Å². The normalized spacial score (nSPS) is 9.89. The van der Waals surface area contributed by atoms with Gasteiger partial charge in [-0.15, -0.1) is 0 Å². The summed E-state index contributed by atoms with van der Waals surface area (Å²) in [5.74, 6) is -0.392. The fraction of sp³-hybridized carbons (Fsp3) is 0.133. The lowest BCUT2D eigenvalue weighted by molar-refractivity contribution is 0.627. The minimum Gasteiger partial charge on any atom is -0.342 e. The molecular weight excluding hydrogens is 227 g/mol. The van der Waals surface area contributed by atoms with Gasteiger partial charge in [0.05, 0.1) is 17.3 Å². The molecule has 0 amide bonds. The zero-order chi connectivity index (χ0) is 13.1. The Bertz CT molecular complexity index is 597. The van der Waals surface area contributed by atoms with Gasteiger partial charge in [0.25, 0.3) is 0 Å². The average Bonchev–Trinajstić information content (AvgIpc) is 2.38. The van der Waals surface area contributed by atoms with Crippen molar-refractivity contribution in [2.75, 3.05) is 11.9 Å². The lowest BCUT2D eigenvalue weighted by Crippen LogP contribution is -2.11. The summed E-state index contributed by atoms with van der Waals surface area (Å²) in [5.41, 5.74) is 2.85. The third-order valence-corrected chi connectivity index (χ3v) is 2.86. The molecule has 0 saturated carbocycles. The minimum atomic E-state index is -0.392. The standard InChI is InChI=1S/C15H13FN2/c1-11-3-6-13(7-4-11)18(2)15-8-5-12(10-17)9-14(15)16/h3-9H,1-2H3. The third-order valence-electron chi connectivity index (χ3n) is 2.86. The van der Waals surface area contributed by atoms with Crippen molar-refractivity contribution in [3.05, 3.63) is 59.4 Å². The van der Waals surface area contributed by atoms with Crippen LogP contribution >= 0.6 is 0 Å². The second kappa shape index (κ2) is 4.89. The van der Waals surface area contributed by atoms with Crippen LogP contribution in [-0.2, 0) is 0 Å². The predicted octanol–water partition coefficient (Wildman–Crippen LogP) is 3.77. The summed E-state index contributed by atoms with van der Waals surface area (Å²) in [5, 5.41) is 8.71. The van der Waals surface area contributed by atoms with Crippen LogP contribution in [0, 0.1) is 24.1 Å². The van der Waals surface area contributed by atoms with Crippen LogP contribution in [0.1, 0.15) is 11.1 Å². The van der Waals surface area contributed by atoms with Crippen molar-refractivity contribution in [3.63, 3.8) is 0 Å². The molecule has 0 spiro atoms. The van der Waals surface area contributed by atoms with E-state index in [2.05, 4.69) is 0 Å². The van der Waals surface area contributed by atoms with Crippen LogP contribution in [0.3, 0.4) is 0 Å². The SMILES string of the molecule is Cc1ccc(N(C)c2ccc(C#N)cc2F)cc1. The molecule has 0 fully saturated rings. The van der Waals surface area contributed by atoms with Gasteiger partial charge in [0, 0.05) is 12.7 Å². The van der Waals surface area contributed by atoms with E-state index in [1.54, 1.807) is 24.1 Å². The van der Waals surface area contributed by atoms with Crippen molar-refractivity contribution in [1.29, 1.82) is 5.26 Å². The summed E-state index contributed by atoms with van der Waals surface area (Å²) < 4.78 is 13.9. The van der Waals surface area contributed by atoms with E-state index in [0.29, 0.717) is 11.3 Å². The molecule has 0 aromatic heterocycles. The number of halogens is 1. The number of anilines is 2. The Morgan fingerprint density at radius 1 is 1.11 bits per heavy atom. The Morgan fingerprint density at radius 2 is 1.78 bits per heavy atom. The molecule has 0 aliphatic heterocycles. The lowest BCUT2D eigenvalue weighted by atomic mass is 10.1. The van der Waals surface area contributed by atoms with Crippen LogP contribution in [0.25, 0.3) is 0 Å². The van der Waals surface area contributed by atoms with E-state index in [1.807, 2.05) is 37.3 Å². The van der Waals surface area contributed by atoms with Crippen LogP contribution in [0.4, 0.5) is 15.8 Å². The van der Waals surface area contributed by atoms with Crippen molar-refractivity contribution in [1.82, 2.24) is 0 Å². The van der Waals surface area contributed by atoms with Gasteiger partial charge < -0.3 is 4.90 Å². The van der Waals surface area contributed by atoms with E-state index in [0.717, 1.165) is 11.3 Å². The van der Waals surface area contributed by atoms with Gasteiger partial charge in [-0.1, -0.05) is 17.7 Å². The van der Waals surface area contributed by atoms with Crippen molar-refractivity contribution in [2.24, 2.45) is 0 Å². The van der Waals surface area contributed by atoms with Gasteiger partial charge in [-0.25, -0.2) is 4.39 Å². The lowest BCUT2D eigenvalue weighted by Gasteiger charge is -2.20. The predicted molar refractivity (Wildman–Crippen MR) is 70.4 cm³/mol. The van der Waals surface area contributed by atoms with Crippen LogP contribution in [0.2, 0.25) is 0 Å². The molecule has 0 N–H and O–H groups in total. The van der Waals surface area contributed by atoms with Crippen molar-refractivity contribution < 1.29 is 4.39 Å². The molecule has 0 saturated heterocycles. The van der Waals surface area contributed by atoms with Gasteiger partial charge in [0.2, 0.25) is 0 Å². The van der Waals surface area contributed by atoms with Gasteiger partial charge in [-0.3, -0.25) is 0 Å². The largest absolute Gasteiger partial charge is 0.342 e. The van der Waals surface area contributed by atoms with Crippen molar-refractivity contribution in [3.8, 4) is 6.07 Å². The van der Waals surface area contributed by atoms with Crippen LogP contribution in [-0.4, -0.2) is 7.05 Å². The van der Waals surface area contributed by atoms with E-state index in [4.69, 9.17) is 5.26 Å². The maximum atomic E-state index is 13.9. The summed E-state index contributed by atoms with van der Waals surface area (Å²) >= 11 is 0. The number of benzene rings is 2. The summed E-state index contributed by atoms with van der Waals surface area (Å²) in [6, 6.07) is 14.2. The average molecular weight is 240 g/mol. The molecule has 2 nitrogen and oxygen atoms in total. The molecule has 2 aromatic rings. The molecule has 2 aromatic carbocycles. The zero-order valence-corrected chi connectivity index (χ0v) is 10.3. The molecule has 18 heavy (non-hydrogen) atoms. The Morgan fingerprint density at radius 3 is 2.33 bits per heavy atom. The van der Waals surface area contributed by atoms with Gasteiger partial charge >= 0.3 is 0 Å². The van der Waals surface area contributed by atoms with E-state index in [9.17, 15) is 4.39 Å². The first kappa shape index (κ1) is 12.1. The topological polar surface area (TPSA) is 27.0 Å². The summed E-state index contributed by atoms with van der Waals surface area (Å²) in [6.07, 6.45) is 0. The highest BCUT2D eigenvalue weighted by molar-refractivity contribution is 5.64. The number of nitrogens with zero attached hydrogens (tertiary/aromatic N) is 2. The molecule has 2 rings (SSSR count). The van der Waals surface area contributed by atoms with Crippen LogP contribution < -0.4 is 4.90 Å². The first-order valence-electron chi connectivity index (χ1n) is 5.62. The Labute approximate surface area is 106 Å². The molecule has 0 aliphatic rings. The molecule has 0 aliphatic carbocycles. The number of rotatable bonds is 2. The first-order valence-corrected chi connectivity index (χ1v) is 5.62. The molecule has 90 valence electrons. The Kier molecular flexibility index (Phi) is 3.29. The summed E-state index contributed by atoms with van der Waals surface area (Å²) in [6.45, 7) is 2.01. The maximum absolute atomic E-state index is 13.9. The van der Waals surface area contributed by atoms with E-state index in [1.165, 1.54) is 6.07 Å². The van der Waals surface area contributed by atoms with Gasteiger partial charge in [0.1, 0.15) is 5.82 Å². The fourth-order valence-electron chi connectivity index (χ4n) is 1.76. The molecule has 0 heterocycles. The van der Waals surface area contributed by atoms with Crippen LogP contribution in [0.15, 0.2) is 42.5 Å². The smallest absolute Gasteiger partial charge is 0.148 e. The third kappa shape index (κ3) is 2.33. The van der Waals surface area contributed by atoms with Crippen LogP contribution in [0.5, 0.6) is 0 Å². The van der Waals surface area contributed by atoms with E-state index in [-0.39, 0.29) is 0 Å². The molecule has 0 radical (unpaired) electrons. The molecular formula is C15H13FN2. The van der Waals surface area contributed by atoms with E-state index >= 15 is 0 Å². The van der Waals surface area contributed by atoms with Gasteiger partial charge in [-0.05, 0) is 37.3 Å². The highest BCUT2D eigenvalue weighted by atomic mass is 19.1. The maximum Gasteiger partial charge on any atom is 0.148 e. The highest BCUT2D eigenvalue weighted by Crippen LogP contribution is 2.26. The Hall–Kier alpha value is -2.34. The Balaban J connectivity index is 2.37. The molecule has 3 heteroatoms. The monoisotopic (exact) mass is 240 g/mol. The number of nitriles is 1. The van der Waals surface area contributed by atoms with Crippen molar-refractivity contribution in [2.45, 2.75) is 6.92 Å². The van der Waals surface area contributed by atoms with Gasteiger partial charge in [0.15, 0.2) is 0 Å². The number of hydrogen-bond acceptors (Lipinski definition) is 2. The number of aryl methyl sites for hydroxylation is 1. The number of hydrogen-bond donors (Lipinski definition) is 0. The summed E-state index contributed by atoms with van der Waals surface area (Å²) in [7, 11) is 1.80. The second-order valence-electron chi connectivity index (χ2n) is 4.17. The quantitative estimate of drug-likeness (QED) is 0.798. The van der Waals surface area contributed by atoms with Gasteiger partial charge in [-0.2, -0.15) is 5.26 Å². The molecule has 0 atom stereocenters. The first-order chi connectivity index (χ1) is 8.61. The van der Waals surface area contributed by atoms with E-state index < -0.39 is 5.82 Å². The zero-order valence-electron chi connectivity index (χ0n) is 10.3. The molecule has 0 bridgehead atoms. The summed E-state index contributed by atoms with van der Waals surface area (Å²) in [4.78, 5) is 1.76.